The van der Waals surface area contributed by atoms with Crippen LogP contribution in [0.2, 0.25) is 5.02 Å². The fourth-order valence-corrected chi connectivity index (χ4v) is 3.14. The van der Waals surface area contributed by atoms with Gasteiger partial charge in [-0.1, -0.05) is 49.7 Å². The third-order valence-electron chi connectivity index (χ3n) is 4.74. The summed E-state index contributed by atoms with van der Waals surface area (Å²) in [4.78, 5) is 24.6. The van der Waals surface area contributed by atoms with E-state index in [0.29, 0.717) is 27.6 Å². The number of benzene rings is 3. The van der Waals surface area contributed by atoms with Gasteiger partial charge in [0.15, 0.2) is 6.61 Å². The zero-order valence-corrected chi connectivity index (χ0v) is 19.4. The van der Waals surface area contributed by atoms with E-state index in [1.165, 1.54) is 6.21 Å². The topological polar surface area (TPSA) is 77.0 Å². The monoisotopic (exact) mass is 464 g/mol. The van der Waals surface area contributed by atoms with E-state index in [4.69, 9.17) is 21.1 Å². The van der Waals surface area contributed by atoms with Crippen LogP contribution in [0.3, 0.4) is 0 Å². The molecular weight excluding hydrogens is 440 g/mol. The van der Waals surface area contributed by atoms with Crippen LogP contribution in [0.25, 0.3) is 0 Å². The van der Waals surface area contributed by atoms with Crippen molar-refractivity contribution in [2.45, 2.75) is 26.7 Å². The standard InChI is InChI=1S/C26H25ClN2O4/c1-17(2)22-13-8-18(3)14-24(22)32-16-25(30)29-28-15-20-6-4-5-7-23(20)33-26(31)19-9-11-21(27)12-10-19/h4-15,17H,16H2,1-3H3,(H,29,30)/b28-15+. The fourth-order valence-electron chi connectivity index (χ4n) is 3.02. The van der Waals surface area contributed by atoms with E-state index >= 15 is 0 Å². The molecule has 170 valence electrons. The first kappa shape index (κ1) is 24.0. The van der Waals surface area contributed by atoms with Gasteiger partial charge in [-0.2, -0.15) is 5.10 Å². The number of hydrogen-bond donors (Lipinski definition) is 1. The van der Waals surface area contributed by atoms with Crippen LogP contribution >= 0.6 is 11.6 Å². The predicted molar refractivity (Wildman–Crippen MR) is 129 cm³/mol. The van der Waals surface area contributed by atoms with Gasteiger partial charge in [0.1, 0.15) is 11.5 Å². The molecule has 1 amide bonds. The van der Waals surface area contributed by atoms with E-state index < -0.39 is 11.9 Å². The Balaban J connectivity index is 1.59. The molecule has 0 unspecified atom stereocenters. The van der Waals surface area contributed by atoms with Gasteiger partial charge in [-0.25, -0.2) is 10.2 Å². The lowest BCUT2D eigenvalue weighted by Gasteiger charge is -2.14. The molecule has 3 aromatic rings. The molecule has 0 heterocycles. The van der Waals surface area contributed by atoms with Crippen molar-refractivity contribution in [2.75, 3.05) is 6.61 Å². The lowest BCUT2D eigenvalue weighted by Crippen LogP contribution is -2.25. The van der Waals surface area contributed by atoms with Gasteiger partial charge < -0.3 is 9.47 Å². The lowest BCUT2D eigenvalue weighted by atomic mass is 10.0. The summed E-state index contributed by atoms with van der Waals surface area (Å²) < 4.78 is 11.2. The lowest BCUT2D eigenvalue weighted by molar-refractivity contribution is -0.123. The minimum absolute atomic E-state index is 0.173. The van der Waals surface area contributed by atoms with Gasteiger partial charge >= 0.3 is 5.97 Å². The Morgan fingerprint density at radius 3 is 2.48 bits per heavy atom. The Hall–Kier alpha value is -3.64. The van der Waals surface area contributed by atoms with E-state index in [-0.39, 0.29) is 12.5 Å². The summed E-state index contributed by atoms with van der Waals surface area (Å²) in [7, 11) is 0. The summed E-state index contributed by atoms with van der Waals surface area (Å²) in [5.74, 6) is 0.340. The van der Waals surface area contributed by atoms with Crippen molar-refractivity contribution in [3.63, 3.8) is 0 Å². The fraction of sp³-hybridized carbons (Fsp3) is 0.192. The highest BCUT2D eigenvalue weighted by molar-refractivity contribution is 6.30. The van der Waals surface area contributed by atoms with Crippen molar-refractivity contribution >= 4 is 29.7 Å². The van der Waals surface area contributed by atoms with Gasteiger partial charge in [0.2, 0.25) is 0 Å². The molecule has 0 aliphatic carbocycles. The number of halogens is 1. The van der Waals surface area contributed by atoms with Crippen molar-refractivity contribution in [1.82, 2.24) is 5.43 Å². The molecule has 0 fully saturated rings. The Labute approximate surface area is 198 Å². The largest absolute Gasteiger partial charge is 0.483 e. The number of carbonyl (C=O) groups excluding carboxylic acids is 2. The smallest absolute Gasteiger partial charge is 0.343 e. The molecule has 0 saturated heterocycles. The highest BCUT2D eigenvalue weighted by atomic mass is 35.5. The van der Waals surface area contributed by atoms with Crippen LogP contribution in [0.1, 0.15) is 46.8 Å². The second-order valence-corrected chi connectivity index (χ2v) is 8.15. The number of ether oxygens (including phenoxy) is 2. The van der Waals surface area contributed by atoms with E-state index in [9.17, 15) is 9.59 Å². The number of hydrazone groups is 1. The van der Waals surface area contributed by atoms with Gasteiger partial charge in [0, 0.05) is 10.6 Å². The normalized spacial score (nSPS) is 10.9. The van der Waals surface area contributed by atoms with Crippen molar-refractivity contribution < 1.29 is 19.1 Å². The van der Waals surface area contributed by atoms with Crippen LogP contribution in [0.15, 0.2) is 71.8 Å². The first-order valence-corrected chi connectivity index (χ1v) is 10.8. The molecule has 0 bridgehead atoms. The molecule has 0 aliphatic heterocycles. The highest BCUT2D eigenvalue weighted by Crippen LogP contribution is 2.27. The van der Waals surface area contributed by atoms with Crippen molar-refractivity contribution in [2.24, 2.45) is 5.10 Å². The summed E-state index contributed by atoms with van der Waals surface area (Å²) in [5, 5.41) is 4.50. The minimum Gasteiger partial charge on any atom is -0.483 e. The van der Waals surface area contributed by atoms with Gasteiger partial charge in [0.25, 0.3) is 5.91 Å². The summed E-state index contributed by atoms with van der Waals surface area (Å²) in [6, 6.07) is 19.2. The van der Waals surface area contributed by atoms with E-state index in [0.717, 1.165) is 11.1 Å². The van der Waals surface area contributed by atoms with Crippen LogP contribution in [-0.2, 0) is 4.79 Å². The van der Waals surface area contributed by atoms with Gasteiger partial charge in [-0.15, -0.1) is 0 Å². The Morgan fingerprint density at radius 2 is 1.76 bits per heavy atom. The van der Waals surface area contributed by atoms with Crippen LogP contribution in [0, 0.1) is 6.92 Å². The van der Waals surface area contributed by atoms with E-state index in [1.807, 2.05) is 25.1 Å². The molecule has 3 rings (SSSR count). The average molecular weight is 465 g/mol. The number of para-hydroxylation sites is 1. The maximum Gasteiger partial charge on any atom is 0.343 e. The van der Waals surface area contributed by atoms with Crippen molar-refractivity contribution in [3.8, 4) is 11.5 Å². The summed E-state index contributed by atoms with van der Waals surface area (Å²) in [6.45, 7) is 5.93. The molecule has 6 nitrogen and oxygen atoms in total. The highest BCUT2D eigenvalue weighted by Gasteiger charge is 2.12. The van der Waals surface area contributed by atoms with Crippen LogP contribution in [0.4, 0.5) is 0 Å². The van der Waals surface area contributed by atoms with Crippen LogP contribution < -0.4 is 14.9 Å². The van der Waals surface area contributed by atoms with E-state index in [2.05, 4.69) is 24.4 Å². The maximum absolute atomic E-state index is 12.4. The maximum atomic E-state index is 12.4. The Kier molecular flexibility index (Phi) is 8.22. The average Bonchev–Trinajstić information content (AvgIpc) is 2.79. The third-order valence-corrected chi connectivity index (χ3v) is 5.00. The number of aryl methyl sites for hydroxylation is 1. The van der Waals surface area contributed by atoms with Crippen molar-refractivity contribution in [1.29, 1.82) is 0 Å². The molecule has 0 aromatic heterocycles. The summed E-state index contributed by atoms with van der Waals surface area (Å²) in [5.41, 5.74) is 5.42. The molecule has 7 heteroatoms. The SMILES string of the molecule is Cc1ccc(C(C)C)c(OCC(=O)N/N=C/c2ccccc2OC(=O)c2ccc(Cl)cc2)c1. The Morgan fingerprint density at radius 1 is 1.03 bits per heavy atom. The molecule has 0 saturated carbocycles. The summed E-state index contributed by atoms with van der Waals surface area (Å²) >= 11 is 5.86. The molecule has 0 aliphatic rings. The van der Waals surface area contributed by atoms with Gasteiger partial charge in [-0.05, 0) is 66.4 Å². The Bertz CT molecular complexity index is 1160. The molecule has 3 aromatic carbocycles. The second kappa shape index (κ2) is 11.3. The predicted octanol–water partition coefficient (Wildman–Crippen LogP) is 5.52. The number of esters is 1. The number of hydrogen-bond acceptors (Lipinski definition) is 5. The van der Waals surface area contributed by atoms with Crippen molar-refractivity contribution in [3.05, 3.63) is 94.0 Å². The molecule has 1 N–H and O–H groups in total. The first-order chi connectivity index (χ1) is 15.8. The number of nitrogens with zero attached hydrogens (tertiary/aromatic N) is 1. The zero-order chi connectivity index (χ0) is 23.8. The first-order valence-electron chi connectivity index (χ1n) is 10.5. The number of nitrogens with one attached hydrogen (secondary N) is 1. The summed E-state index contributed by atoms with van der Waals surface area (Å²) in [6.07, 6.45) is 1.41. The molecule has 0 atom stereocenters. The minimum atomic E-state index is -0.524. The zero-order valence-electron chi connectivity index (χ0n) is 18.7. The van der Waals surface area contributed by atoms with Crippen LogP contribution in [0.5, 0.6) is 11.5 Å². The molecular formula is C26H25ClN2O4. The third kappa shape index (κ3) is 6.92. The second-order valence-electron chi connectivity index (χ2n) is 7.71. The van der Waals surface area contributed by atoms with E-state index in [1.54, 1.807) is 48.5 Å². The molecule has 33 heavy (non-hydrogen) atoms. The molecule has 0 spiro atoms. The van der Waals surface area contributed by atoms with Gasteiger partial charge in [0.05, 0.1) is 11.8 Å². The van der Waals surface area contributed by atoms with Gasteiger partial charge in [-0.3, -0.25) is 4.79 Å². The number of amides is 1. The molecule has 0 radical (unpaired) electrons. The van der Waals surface area contributed by atoms with Crippen LogP contribution in [-0.4, -0.2) is 24.7 Å². The number of rotatable bonds is 8. The number of carbonyl (C=O) groups is 2. The quantitative estimate of drug-likeness (QED) is 0.206.